The van der Waals surface area contributed by atoms with Gasteiger partial charge in [0.15, 0.2) is 5.69 Å². The predicted molar refractivity (Wildman–Crippen MR) is 64.1 cm³/mol. The van der Waals surface area contributed by atoms with Gasteiger partial charge in [-0.05, 0) is 24.3 Å². The minimum absolute atomic E-state index is 0.0682. The first-order valence-corrected chi connectivity index (χ1v) is 5.24. The van der Waals surface area contributed by atoms with E-state index in [1.54, 1.807) is 12.4 Å². The van der Waals surface area contributed by atoms with Crippen LogP contribution in [0.15, 0.2) is 36.7 Å². The van der Waals surface area contributed by atoms with E-state index in [-0.39, 0.29) is 5.69 Å². The number of fused-ring (bicyclic) bond motifs is 1. The van der Waals surface area contributed by atoms with Crippen molar-refractivity contribution >= 4 is 17.0 Å². The number of nitrogens with one attached hydrogen (secondary N) is 1. The molecule has 0 fully saturated rings. The van der Waals surface area contributed by atoms with Gasteiger partial charge in [0.2, 0.25) is 0 Å². The monoisotopic (exact) mass is 240 g/mol. The second-order valence-corrected chi connectivity index (χ2v) is 3.74. The molecule has 18 heavy (non-hydrogen) atoms. The largest absolute Gasteiger partial charge is 0.476 e. The predicted octanol–water partition coefficient (Wildman–Crippen LogP) is 1.72. The molecule has 6 heteroatoms. The Kier molecular flexibility index (Phi) is 2.26. The Morgan fingerprint density at radius 3 is 2.78 bits per heavy atom. The average Bonchev–Trinajstić information content (AvgIpc) is 2.86. The highest BCUT2D eigenvalue weighted by Gasteiger charge is 2.07. The molecule has 2 N–H and O–H groups in total. The molecule has 0 radical (unpaired) electrons. The summed E-state index contributed by atoms with van der Waals surface area (Å²) in [5, 5.41) is 16.3. The van der Waals surface area contributed by atoms with Gasteiger partial charge in [-0.25, -0.2) is 9.78 Å². The van der Waals surface area contributed by atoms with E-state index < -0.39 is 5.97 Å². The van der Waals surface area contributed by atoms with Gasteiger partial charge in [-0.3, -0.25) is 0 Å². The highest BCUT2D eigenvalue weighted by molar-refractivity contribution is 5.85. The van der Waals surface area contributed by atoms with Crippen LogP contribution in [0.4, 0.5) is 0 Å². The van der Waals surface area contributed by atoms with Gasteiger partial charge in [-0.15, -0.1) is 10.2 Å². The molecular weight excluding hydrogens is 232 g/mol. The molecule has 3 rings (SSSR count). The molecule has 0 spiro atoms. The second-order valence-electron chi connectivity index (χ2n) is 3.74. The van der Waals surface area contributed by atoms with E-state index in [1.165, 1.54) is 6.07 Å². The molecule has 88 valence electrons. The highest BCUT2D eigenvalue weighted by Crippen LogP contribution is 2.20. The first-order valence-electron chi connectivity index (χ1n) is 5.24. The zero-order chi connectivity index (χ0) is 12.5. The number of carboxylic acids is 1. The molecule has 0 aliphatic carbocycles. The van der Waals surface area contributed by atoms with Gasteiger partial charge >= 0.3 is 5.97 Å². The van der Waals surface area contributed by atoms with E-state index in [2.05, 4.69) is 20.2 Å². The summed E-state index contributed by atoms with van der Waals surface area (Å²) in [7, 11) is 0. The molecule has 0 aliphatic heterocycles. The number of hydrogen-bond donors (Lipinski definition) is 2. The van der Waals surface area contributed by atoms with Crippen molar-refractivity contribution < 1.29 is 9.90 Å². The van der Waals surface area contributed by atoms with E-state index in [0.29, 0.717) is 5.69 Å². The van der Waals surface area contributed by atoms with Gasteiger partial charge in [0.1, 0.15) is 0 Å². The molecule has 2 aromatic heterocycles. The highest BCUT2D eigenvalue weighted by atomic mass is 16.4. The molecule has 2 heterocycles. The maximum atomic E-state index is 10.7. The third kappa shape index (κ3) is 1.69. The summed E-state index contributed by atoms with van der Waals surface area (Å²) >= 11 is 0. The molecule has 0 unspecified atom stereocenters. The van der Waals surface area contributed by atoms with Crippen LogP contribution in [0, 0.1) is 0 Å². The summed E-state index contributed by atoms with van der Waals surface area (Å²) in [6.07, 6.45) is 1.62. The molecule has 0 atom stereocenters. The maximum absolute atomic E-state index is 10.7. The SMILES string of the molecule is O=C(O)c1ccc(-c2ccc3nc[nH]c3c2)nn1. The fourth-order valence-electron chi connectivity index (χ4n) is 1.70. The van der Waals surface area contributed by atoms with Gasteiger partial charge in [0, 0.05) is 5.56 Å². The van der Waals surface area contributed by atoms with Crippen LogP contribution in [0.25, 0.3) is 22.3 Å². The fraction of sp³-hybridized carbons (Fsp3) is 0. The zero-order valence-electron chi connectivity index (χ0n) is 9.16. The van der Waals surface area contributed by atoms with Crippen LogP contribution in [0.5, 0.6) is 0 Å². The van der Waals surface area contributed by atoms with Crippen molar-refractivity contribution in [3.8, 4) is 11.3 Å². The lowest BCUT2D eigenvalue weighted by Crippen LogP contribution is -2.01. The molecule has 0 saturated carbocycles. The Morgan fingerprint density at radius 1 is 1.17 bits per heavy atom. The molecule has 3 aromatic rings. The van der Waals surface area contributed by atoms with Crippen LogP contribution >= 0.6 is 0 Å². The van der Waals surface area contributed by atoms with Crippen LogP contribution < -0.4 is 0 Å². The quantitative estimate of drug-likeness (QED) is 0.711. The number of carbonyl (C=O) groups is 1. The van der Waals surface area contributed by atoms with Crippen molar-refractivity contribution in [2.75, 3.05) is 0 Å². The number of nitrogens with zero attached hydrogens (tertiary/aromatic N) is 3. The number of aromatic nitrogens is 4. The number of carboxylic acid groups (broad SMARTS) is 1. The van der Waals surface area contributed by atoms with E-state index in [1.807, 2.05) is 18.2 Å². The normalized spacial score (nSPS) is 10.7. The van der Waals surface area contributed by atoms with E-state index in [9.17, 15) is 4.79 Å². The maximum Gasteiger partial charge on any atom is 0.356 e. The Bertz CT molecular complexity index is 718. The van der Waals surface area contributed by atoms with Gasteiger partial charge in [0.05, 0.1) is 23.1 Å². The van der Waals surface area contributed by atoms with E-state index >= 15 is 0 Å². The average molecular weight is 240 g/mol. The Balaban J connectivity index is 2.05. The van der Waals surface area contributed by atoms with Crippen molar-refractivity contribution in [2.24, 2.45) is 0 Å². The molecule has 0 bridgehead atoms. The number of H-pyrrole nitrogens is 1. The third-order valence-corrected chi connectivity index (χ3v) is 2.60. The Hall–Kier alpha value is -2.76. The lowest BCUT2D eigenvalue weighted by Gasteiger charge is -2.00. The summed E-state index contributed by atoms with van der Waals surface area (Å²) in [5.74, 6) is -1.09. The minimum atomic E-state index is -1.09. The van der Waals surface area contributed by atoms with Gasteiger partial charge in [-0.2, -0.15) is 0 Å². The summed E-state index contributed by atoms with van der Waals surface area (Å²) in [5.41, 5.74) is 3.18. The number of benzene rings is 1. The van der Waals surface area contributed by atoms with Gasteiger partial charge in [0.25, 0.3) is 0 Å². The molecule has 0 aliphatic rings. The summed E-state index contributed by atoms with van der Waals surface area (Å²) in [6, 6.07) is 8.70. The van der Waals surface area contributed by atoms with Gasteiger partial charge < -0.3 is 10.1 Å². The molecule has 1 aromatic carbocycles. The molecular formula is C12H8N4O2. The third-order valence-electron chi connectivity index (χ3n) is 2.60. The number of imidazole rings is 1. The van der Waals surface area contributed by atoms with E-state index in [0.717, 1.165) is 16.6 Å². The zero-order valence-corrected chi connectivity index (χ0v) is 9.16. The van der Waals surface area contributed by atoms with E-state index in [4.69, 9.17) is 5.11 Å². The van der Waals surface area contributed by atoms with Crippen LogP contribution in [0.2, 0.25) is 0 Å². The molecule has 0 amide bonds. The number of rotatable bonds is 2. The van der Waals surface area contributed by atoms with Crippen molar-refractivity contribution in [2.45, 2.75) is 0 Å². The molecule has 0 saturated heterocycles. The summed E-state index contributed by atoms with van der Waals surface area (Å²) < 4.78 is 0. The number of aromatic carboxylic acids is 1. The van der Waals surface area contributed by atoms with Gasteiger partial charge in [-0.1, -0.05) is 6.07 Å². The smallest absolute Gasteiger partial charge is 0.356 e. The topological polar surface area (TPSA) is 91.8 Å². The van der Waals surface area contributed by atoms with Crippen LogP contribution in [-0.2, 0) is 0 Å². The lowest BCUT2D eigenvalue weighted by atomic mass is 10.1. The second kappa shape index (κ2) is 3.92. The van der Waals surface area contributed by atoms with Crippen molar-refractivity contribution in [3.05, 3.63) is 42.4 Å². The number of aromatic amines is 1. The standard InChI is InChI=1S/C12H8N4O2/c17-12(18)10-4-3-8(15-16-10)7-1-2-9-11(5-7)14-6-13-9/h1-6H,(H,13,14)(H,17,18). The van der Waals surface area contributed by atoms with Crippen molar-refractivity contribution in [1.82, 2.24) is 20.2 Å². The lowest BCUT2D eigenvalue weighted by molar-refractivity contribution is 0.0689. The summed E-state index contributed by atoms with van der Waals surface area (Å²) in [4.78, 5) is 17.8. The Morgan fingerprint density at radius 2 is 2.06 bits per heavy atom. The fourth-order valence-corrected chi connectivity index (χ4v) is 1.70. The van der Waals surface area contributed by atoms with Crippen LogP contribution in [0.1, 0.15) is 10.5 Å². The van der Waals surface area contributed by atoms with Crippen molar-refractivity contribution in [1.29, 1.82) is 0 Å². The van der Waals surface area contributed by atoms with Crippen molar-refractivity contribution in [3.63, 3.8) is 0 Å². The number of hydrogen-bond acceptors (Lipinski definition) is 4. The summed E-state index contributed by atoms with van der Waals surface area (Å²) in [6.45, 7) is 0. The first kappa shape index (κ1) is 10.4. The first-order chi connectivity index (χ1) is 8.74. The van der Waals surface area contributed by atoms with Crippen LogP contribution in [0.3, 0.4) is 0 Å². The minimum Gasteiger partial charge on any atom is -0.476 e. The van der Waals surface area contributed by atoms with Crippen LogP contribution in [-0.4, -0.2) is 31.2 Å². The molecule has 6 nitrogen and oxygen atoms in total. The Labute approximate surface area is 101 Å².